The summed E-state index contributed by atoms with van der Waals surface area (Å²) in [5.74, 6) is 2.42. The molecule has 0 aliphatic heterocycles. The second-order valence-electron chi connectivity index (χ2n) is 5.36. The molecule has 2 heterocycles. The van der Waals surface area contributed by atoms with E-state index < -0.39 is 0 Å². The number of benzene rings is 1. The average Bonchev–Trinajstić information content (AvgIpc) is 2.56. The van der Waals surface area contributed by atoms with Crippen LogP contribution in [0.4, 0.5) is 0 Å². The Morgan fingerprint density at radius 2 is 2.04 bits per heavy atom. The smallest absolute Gasteiger partial charge is 0.258 e. The molecule has 0 spiro atoms. The number of thioether (sulfide) groups is 1. The van der Waals surface area contributed by atoms with Gasteiger partial charge in [0, 0.05) is 23.8 Å². The van der Waals surface area contributed by atoms with E-state index in [1.807, 2.05) is 43.5 Å². The van der Waals surface area contributed by atoms with E-state index in [4.69, 9.17) is 4.74 Å². The highest BCUT2D eigenvalue weighted by Gasteiger charge is 2.04. The van der Waals surface area contributed by atoms with E-state index in [0.717, 1.165) is 22.8 Å². The van der Waals surface area contributed by atoms with Crippen molar-refractivity contribution in [3.63, 3.8) is 0 Å². The second-order valence-corrected chi connectivity index (χ2v) is 6.35. The predicted octanol–water partition coefficient (Wildman–Crippen LogP) is 3.44. The predicted molar refractivity (Wildman–Crippen MR) is 94.2 cm³/mol. The van der Waals surface area contributed by atoms with Crippen LogP contribution in [-0.2, 0) is 11.5 Å². The summed E-state index contributed by atoms with van der Waals surface area (Å²) in [6.07, 6.45) is 1.82. The van der Waals surface area contributed by atoms with E-state index in [1.54, 1.807) is 29.3 Å². The zero-order valence-corrected chi connectivity index (χ0v) is 14.0. The largest absolute Gasteiger partial charge is 0.497 e. The minimum Gasteiger partial charge on any atom is -0.497 e. The van der Waals surface area contributed by atoms with Crippen LogP contribution in [0.2, 0.25) is 0 Å². The van der Waals surface area contributed by atoms with Gasteiger partial charge in [-0.3, -0.25) is 9.20 Å². The molecule has 0 N–H and O–H groups in total. The number of methoxy groups -OCH3 is 1. The van der Waals surface area contributed by atoms with Gasteiger partial charge in [0.1, 0.15) is 11.4 Å². The summed E-state index contributed by atoms with van der Waals surface area (Å²) in [6.45, 7) is 1.96. The van der Waals surface area contributed by atoms with Gasteiger partial charge in [-0.25, -0.2) is 4.98 Å². The molecule has 0 radical (unpaired) electrons. The van der Waals surface area contributed by atoms with Gasteiger partial charge < -0.3 is 4.74 Å². The number of fused-ring (bicyclic) bond motifs is 1. The van der Waals surface area contributed by atoms with Crippen molar-refractivity contribution in [3.8, 4) is 5.75 Å². The fourth-order valence-electron chi connectivity index (χ4n) is 2.37. The molecule has 0 aliphatic rings. The van der Waals surface area contributed by atoms with Crippen molar-refractivity contribution < 1.29 is 4.74 Å². The number of aromatic nitrogens is 2. The molecule has 1 aromatic carbocycles. The first-order valence-corrected chi connectivity index (χ1v) is 8.51. The average molecular weight is 326 g/mol. The lowest BCUT2D eigenvalue weighted by atomic mass is 10.2. The van der Waals surface area contributed by atoms with Crippen molar-refractivity contribution in [1.29, 1.82) is 0 Å². The molecule has 5 heteroatoms. The third-order valence-corrected chi connectivity index (χ3v) is 4.55. The standard InChI is InChI=1S/C18H18N2O2S/c1-13-6-7-17-19-15(9-18(21)20(17)10-13)12-23-11-14-4-3-5-16(8-14)22-2/h3-10H,11-12H2,1-2H3. The Labute approximate surface area is 139 Å². The normalized spacial score (nSPS) is 10.9. The van der Waals surface area contributed by atoms with Crippen molar-refractivity contribution in [2.75, 3.05) is 7.11 Å². The Morgan fingerprint density at radius 1 is 1.17 bits per heavy atom. The van der Waals surface area contributed by atoms with E-state index >= 15 is 0 Å². The molecule has 3 rings (SSSR count). The van der Waals surface area contributed by atoms with Crippen LogP contribution in [-0.4, -0.2) is 16.5 Å². The van der Waals surface area contributed by atoms with Crippen molar-refractivity contribution in [2.24, 2.45) is 0 Å². The first-order valence-electron chi connectivity index (χ1n) is 7.35. The van der Waals surface area contributed by atoms with E-state index in [0.29, 0.717) is 11.4 Å². The van der Waals surface area contributed by atoms with Crippen LogP contribution in [0.15, 0.2) is 53.5 Å². The number of ether oxygens (including phenoxy) is 1. The molecule has 3 aromatic rings. The van der Waals surface area contributed by atoms with Gasteiger partial charge in [-0.05, 0) is 36.2 Å². The monoisotopic (exact) mass is 326 g/mol. The Kier molecular flexibility index (Phi) is 4.67. The van der Waals surface area contributed by atoms with Gasteiger partial charge in [0.05, 0.1) is 12.8 Å². The van der Waals surface area contributed by atoms with Crippen LogP contribution in [0.25, 0.3) is 5.65 Å². The summed E-state index contributed by atoms with van der Waals surface area (Å²) >= 11 is 1.73. The highest BCUT2D eigenvalue weighted by Crippen LogP contribution is 2.20. The fraction of sp³-hybridized carbons (Fsp3) is 0.222. The molecule has 23 heavy (non-hydrogen) atoms. The maximum Gasteiger partial charge on any atom is 0.258 e. The molecule has 2 aromatic heterocycles. The molecular weight excluding hydrogens is 308 g/mol. The number of hydrogen-bond acceptors (Lipinski definition) is 4. The highest BCUT2D eigenvalue weighted by atomic mass is 32.2. The maximum absolute atomic E-state index is 12.2. The topological polar surface area (TPSA) is 43.6 Å². The quantitative estimate of drug-likeness (QED) is 0.720. The minimum absolute atomic E-state index is 0.0318. The SMILES string of the molecule is COc1cccc(CSCc2cc(=O)n3cc(C)ccc3n2)c1. The summed E-state index contributed by atoms with van der Waals surface area (Å²) in [6, 6.07) is 13.5. The summed E-state index contributed by atoms with van der Waals surface area (Å²) in [5.41, 5.74) is 3.71. The van der Waals surface area contributed by atoms with E-state index in [2.05, 4.69) is 11.1 Å². The Morgan fingerprint density at radius 3 is 2.87 bits per heavy atom. The van der Waals surface area contributed by atoms with Crippen molar-refractivity contribution in [3.05, 3.63) is 75.8 Å². The third kappa shape index (κ3) is 3.74. The Bertz CT molecular complexity index is 890. The summed E-state index contributed by atoms with van der Waals surface area (Å²) < 4.78 is 6.82. The van der Waals surface area contributed by atoms with Gasteiger partial charge >= 0.3 is 0 Å². The fourth-order valence-corrected chi connectivity index (χ4v) is 3.24. The first-order chi connectivity index (χ1) is 11.2. The lowest BCUT2D eigenvalue weighted by Gasteiger charge is -2.06. The van der Waals surface area contributed by atoms with Crippen molar-refractivity contribution >= 4 is 17.4 Å². The minimum atomic E-state index is -0.0318. The number of rotatable bonds is 5. The molecule has 118 valence electrons. The van der Waals surface area contributed by atoms with Gasteiger partial charge in [-0.15, -0.1) is 0 Å². The molecule has 0 saturated heterocycles. The maximum atomic E-state index is 12.2. The van der Waals surface area contributed by atoms with Gasteiger partial charge in [0.2, 0.25) is 0 Å². The molecule has 0 bridgehead atoms. The summed E-state index contributed by atoms with van der Waals surface area (Å²) in [7, 11) is 1.67. The van der Waals surface area contributed by atoms with E-state index in [9.17, 15) is 4.79 Å². The molecule has 4 nitrogen and oxygen atoms in total. The molecular formula is C18H18N2O2S. The van der Waals surface area contributed by atoms with Crippen LogP contribution >= 0.6 is 11.8 Å². The first kappa shape index (κ1) is 15.6. The van der Waals surface area contributed by atoms with Crippen LogP contribution < -0.4 is 10.3 Å². The second kappa shape index (κ2) is 6.87. The van der Waals surface area contributed by atoms with Gasteiger partial charge in [-0.2, -0.15) is 11.8 Å². The van der Waals surface area contributed by atoms with Crippen LogP contribution in [0.3, 0.4) is 0 Å². The summed E-state index contributed by atoms with van der Waals surface area (Å²) in [5, 5.41) is 0. The molecule has 0 unspecified atom stereocenters. The van der Waals surface area contributed by atoms with Crippen LogP contribution in [0, 0.1) is 6.92 Å². The molecule has 0 saturated carbocycles. The zero-order valence-electron chi connectivity index (χ0n) is 13.2. The Balaban J connectivity index is 1.72. The molecule has 0 atom stereocenters. The zero-order chi connectivity index (χ0) is 16.2. The number of hydrogen-bond donors (Lipinski definition) is 0. The molecule has 0 fully saturated rings. The van der Waals surface area contributed by atoms with Crippen molar-refractivity contribution in [1.82, 2.24) is 9.38 Å². The lowest BCUT2D eigenvalue weighted by molar-refractivity contribution is 0.414. The molecule has 0 amide bonds. The van der Waals surface area contributed by atoms with Crippen LogP contribution in [0.1, 0.15) is 16.8 Å². The molecule has 0 aliphatic carbocycles. The lowest BCUT2D eigenvalue weighted by Crippen LogP contribution is -2.15. The summed E-state index contributed by atoms with van der Waals surface area (Å²) in [4.78, 5) is 16.7. The Hall–Kier alpha value is -2.27. The van der Waals surface area contributed by atoms with Crippen molar-refractivity contribution in [2.45, 2.75) is 18.4 Å². The van der Waals surface area contributed by atoms with Gasteiger partial charge in [-0.1, -0.05) is 18.2 Å². The number of aryl methyl sites for hydroxylation is 1. The van der Waals surface area contributed by atoms with Crippen LogP contribution in [0.5, 0.6) is 5.75 Å². The van der Waals surface area contributed by atoms with E-state index in [1.165, 1.54) is 5.56 Å². The third-order valence-electron chi connectivity index (χ3n) is 3.51. The number of pyridine rings is 1. The van der Waals surface area contributed by atoms with E-state index in [-0.39, 0.29) is 5.56 Å². The van der Waals surface area contributed by atoms with Gasteiger partial charge in [0.15, 0.2) is 0 Å². The number of nitrogens with zero attached hydrogens (tertiary/aromatic N) is 2. The van der Waals surface area contributed by atoms with Gasteiger partial charge in [0.25, 0.3) is 5.56 Å². The highest BCUT2D eigenvalue weighted by molar-refractivity contribution is 7.97.